The third-order valence-electron chi connectivity index (χ3n) is 11.0. The average Bonchev–Trinajstić information content (AvgIpc) is 3.89. The Bertz CT molecular complexity index is 1550. The number of fused-ring (bicyclic) bond motifs is 1. The number of pyridine rings is 1. The fraction of sp³-hybridized carbons (Fsp3) is 0.594. The number of carbonyl (C=O) groups is 1. The van der Waals surface area contributed by atoms with Gasteiger partial charge in [0.2, 0.25) is 10.0 Å². The number of sulfonamides is 1. The number of nitrogens with one attached hydrogen (secondary N) is 1. The van der Waals surface area contributed by atoms with Gasteiger partial charge < -0.3 is 15.1 Å². The molecule has 2 aliphatic heterocycles. The summed E-state index contributed by atoms with van der Waals surface area (Å²) in [6, 6.07) is 14.9. The fourth-order valence-electron chi connectivity index (χ4n) is 8.93. The molecule has 0 spiro atoms. The summed E-state index contributed by atoms with van der Waals surface area (Å²) in [6.07, 6.45) is 8.61. The summed E-state index contributed by atoms with van der Waals surface area (Å²) in [7, 11) is -3.13. The molecular weight excluding hydrogens is 562 g/mol. The van der Waals surface area contributed by atoms with Gasteiger partial charge in [0.05, 0.1) is 40.0 Å². The lowest BCUT2D eigenvalue weighted by Gasteiger charge is -2.57. The van der Waals surface area contributed by atoms with Crippen LogP contribution in [0.4, 0.5) is 27.7 Å². The zero-order chi connectivity index (χ0) is 29.3. The number of para-hydroxylation sites is 2. The Hall–Kier alpha value is -3.36. The first kappa shape index (κ1) is 27.2. The first-order chi connectivity index (χ1) is 20.8. The highest BCUT2D eigenvalue weighted by molar-refractivity contribution is 7.90. The molecule has 11 heteroatoms. The van der Waals surface area contributed by atoms with E-state index in [2.05, 4.69) is 27.3 Å². The van der Waals surface area contributed by atoms with Crippen molar-refractivity contribution in [2.45, 2.75) is 56.2 Å². The maximum atomic E-state index is 13.8. The number of aromatic nitrogens is 1. The van der Waals surface area contributed by atoms with Crippen molar-refractivity contribution in [2.75, 3.05) is 54.0 Å². The number of rotatable bonds is 5. The number of piperazine rings is 1. The van der Waals surface area contributed by atoms with Gasteiger partial charge in [-0.05, 0) is 87.0 Å². The predicted octanol–water partition coefficient (Wildman–Crippen LogP) is 4.08. The van der Waals surface area contributed by atoms with Crippen LogP contribution in [0.2, 0.25) is 0 Å². The largest absolute Gasteiger partial charge is 0.368 e. The van der Waals surface area contributed by atoms with Crippen LogP contribution in [0.15, 0.2) is 42.6 Å². The zero-order valence-corrected chi connectivity index (χ0v) is 25.3. The Kier molecular flexibility index (Phi) is 6.39. The monoisotopic (exact) mass is 601 g/mol. The molecule has 9 rings (SSSR count). The van der Waals surface area contributed by atoms with Gasteiger partial charge >= 0.3 is 6.03 Å². The second kappa shape index (κ2) is 10.1. The molecule has 2 unspecified atom stereocenters. The minimum absolute atomic E-state index is 0.0401. The second-order valence-electron chi connectivity index (χ2n) is 13.6. The first-order valence-corrected chi connectivity index (χ1v) is 17.4. The number of nitrogens with zero attached hydrogens (tertiary/aromatic N) is 6. The predicted molar refractivity (Wildman–Crippen MR) is 165 cm³/mol. The van der Waals surface area contributed by atoms with Crippen LogP contribution in [0, 0.1) is 34.5 Å². The molecule has 2 amide bonds. The van der Waals surface area contributed by atoms with E-state index in [0.717, 1.165) is 67.8 Å². The van der Waals surface area contributed by atoms with Gasteiger partial charge in [0.15, 0.2) is 0 Å². The van der Waals surface area contributed by atoms with E-state index in [-0.39, 0.29) is 22.7 Å². The molecule has 1 aromatic heterocycles. The standard InChI is InChI=1S/C32H39N7O3S/c33-21-32-17-22-15-23(18-32)30(24(16-22)19-32)35-31(40)39-14-13-38(27-3-1-2-4-28(27)39)29-8-5-25(20-34-29)36-9-11-37(12-10-36)43(41,42)26-6-7-26/h1-5,8,20,22-24,26,30H,6-7,9-19H2,(H,35,40)/t22?,23?,24?,30-,32+. The van der Waals surface area contributed by atoms with Gasteiger partial charge in [-0.3, -0.25) is 4.90 Å². The van der Waals surface area contributed by atoms with Gasteiger partial charge in [-0.1, -0.05) is 12.1 Å². The summed E-state index contributed by atoms with van der Waals surface area (Å²) in [5.74, 6) is 2.27. The van der Waals surface area contributed by atoms with Gasteiger partial charge in [0, 0.05) is 45.3 Å². The van der Waals surface area contributed by atoms with E-state index in [1.807, 2.05) is 41.4 Å². The van der Waals surface area contributed by atoms with Crippen LogP contribution in [0.3, 0.4) is 0 Å². The van der Waals surface area contributed by atoms with Gasteiger partial charge in [-0.25, -0.2) is 18.2 Å². The Morgan fingerprint density at radius 2 is 1.65 bits per heavy atom. The van der Waals surface area contributed by atoms with E-state index in [1.54, 1.807) is 4.31 Å². The lowest BCUT2D eigenvalue weighted by molar-refractivity contribution is -0.0435. The quantitative estimate of drug-likeness (QED) is 0.550. The van der Waals surface area contributed by atoms with Crippen molar-refractivity contribution in [1.82, 2.24) is 14.6 Å². The second-order valence-corrected chi connectivity index (χ2v) is 15.8. The molecule has 3 heterocycles. The zero-order valence-electron chi connectivity index (χ0n) is 24.4. The molecule has 2 atom stereocenters. The Labute approximate surface area is 253 Å². The minimum Gasteiger partial charge on any atom is -0.368 e. The van der Waals surface area contributed by atoms with Crippen molar-refractivity contribution in [1.29, 1.82) is 5.26 Å². The third-order valence-corrected chi connectivity index (χ3v) is 13.4. The molecule has 7 aliphatic rings. The van der Waals surface area contributed by atoms with Crippen LogP contribution in [0.5, 0.6) is 0 Å². The van der Waals surface area contributed by atoms with Crippen LogP contribution in [0.1, 0.15) is 44.9 Å². The van der Waals surface area contributed by atoms with E-state index in [0.29, 0.717) is 57.0 Å². The molecule has 2 aromatic rings. The normalized spacial score (nSPS) is 31.9. The van der Waals surface area contributed by atoms with Crippen molar-refractivity contribution >= 4 is 38.9 Å². The summed E-state index contributed by atoms with van der Waals surface area (Å²) in [6.45, 7) is 3.53. The van der Waals surface area contributed by atoms with E-state index in [1.165, 1.54) is 0 Å². The number of hydrogen-bond acceptors (Lipinski definition) is 7. The van der Waals surface area contributed by atoms with Crippen LogP contribution >= 0.6 is 0 Å². The molecule has 43 heavy (non-hydrogen) atoms. The topological polar surface area (TPSA) is 113 Å². The molecular formula is C32H39N7O3S. The van der Waals surface area contributed by atoms with Crippen LogP contribution in [0.25, 0.3) is 0 Å². The van der Waals surface area contributed by atoms with Crippen molar-refractivity contribution < 1.29 is 13.2 Å². The Morgan fingerprint density at radius 1 is 0.930 bits per heavy atom. The average molecular weight is 602 g/mol. The van der Waals surface area contributed by atoms with Gasteiger partial charge in [0.1, 0.15) is 5.82 Å². The summed E-state index contributed by atoms with van der Waals surface area (Å²) >= 11 is 0. The lowest BCUT2D eigenvalue weighted by atomic mass is 9.48. The highest BCUT2D eigenvalue weighted by Crippen LogP contribution is 2.59. The molecule has 5 saturated carbocycles. The minimum atomic E-state index is -3.13. The summed E-state index contributed by atoms with van der Waals surface area (Å²) in [4.78, 5) is 24.8. The number of nitriles is 1. The van der Waals surface area contributed by atoms with Crippen LogP contribution in [-0.2, 0) is 10.0 Å². The number of hydrogen-bond donors (Lipinski definition) is 1. The molecule has 0 radical (unpaired) electrons. The summed E-state index contributed by atoms with van der Waals surface area (Å²) in [5.41, 5.74) is 2.66. The Morgan fingerprint density at radius 3 is 2.30 bits per heavy atom. The van der Waals surface area contributed by atoms with Crippen molar-refractivity contribution in [2.24, 2.45) is 23.2 Å². The highest BCUT2D eigenvalue weighted by atomic mass is 32.2. The van der Waals surface area contributed by atoms with Gasteiger partial charge in [0.25, 0.3) is 0 Å². The number of benzene rings is 1. The molecule has 10 nitrogen and oxygen atoms in total. The lowest BCUT2D eigenvalue weighted by Crippen LogP contribution is -2.61. The Balaban J connectivity index is 0.947. The third kappa shape index (κ3) is 4.65. The maximum Gasteiger partial charge on any atom is 0.322 e. The smallest absolute Gasteiger partial charge is 0.322 e. The van der Waals surface area contributed by atoms with Crippen LogP contribution in [-0.4, -0.2) is 74.3 Å². The number of carbonyl (C=O) groups excluding carboxylic acids is 1. The van der Waals surface area contributed by atoms with Crippen molar-refractivity contribution in [3.05, 3.63) is 42.6 Å². The molecule has 1 saturated heterocycles. The van der Waals surface area contributed by atoms with Crippen molar-refractivity contribution in [3.63, 3.8) is 0 Å². The highest BCUT2D eigenvalue weighted by Gasteiger charge is 2.56. The van der Waals surface area contributed by atoms with E-state index >= 15 is 0 Å². The molecule has 226 valence electrons. The fourth-order valence-corrected chi connectivity index (χ4v) is 10.8. The maximum absolute atomic E-state index is 13.8. The molecule has 5 aliphatic carbocycles. The molecule has 6 fully saturated rings. The number of amides is 2. The molecule has 1 aromatic carbocycles. The van der Waals surface area contributed by atoms with Gasteiger partial charge in [-0.15, -0.1) is 0 Å². The molecule has 4 bridgehead atoms. The molecule has 1 N–H and O–H groups in total. The van der Waals surface area contributed by atoms with E-state index < -0.39 is 10.0 Å². The summed E-state index contributed by atoms with van der Waals surface area (Å²) < 4.78 is 26.9. The first-order valence-electron chi connectivity index (χ1n) is 15.9. The number of urea groups is 1. The van der Waals surface area contributed by atoms with E-state index in [9.17, 15) is 18.5 Å². The van der Waals surface area contributed by atoms with Crippen molar-refractivity contribution in [3.8, 4) is 6.07 Å². The number of anilines is 4. The summed E-state index contributed by atoms with van der Waals surface area (Å²) in [5, 5.41) is 13.2. The van der Waals surface area contributed by atoms with E-state index in [4.69, 9.17) is 4.98 Å². The van der Waals surface area contributed by atoms with Crippen LogP contribution < -0.4 is 20.0 Å². The SMILES string of the molecule is N#C[C@]12CC3CC(C1)[C@H](NC(=O)N1CCN(c4ccc(N5CCN(S(=O)(=O)C6CC6)CC5)cn4)c4ccccc41)C(C3)C2. The van der Waals surface area contributed by atoms with Gasteiger partial charge in [-0.2, -0.15) is 9.57 Å².